The van der Waals surface area contributed by atoms with Gasteiger partial charge in [-0.15, -0.1) is 0 Å². The molecule has 84 valence electrons. The first-order chi connectivity index (χ1) is 7.79. The number of benzene rings is 1. The monoisotopic (exact) mass is 234 g/mol. The van der Waals surface area contributed by atoms with Crippen LogP contribution >= 0.6 is 11.6 Å². The predicted octanol–water partition coefficient (Wildman–Crippen LogP) is 3.42. The molecule has 1 aromatic heterocycles. The van der Waals surface area contributed by atoms with Gasteiger partial charge in [0.25, 0.3) is 0 Å². The zero-order valence-corrected chi connectivity index (χ0v) is 10.1. The zero-order valence-electron chi connectivity index (χ0n) is 9.31. The maximum atomic E-state index is 6.02. The van der Waals surface area contributed by atoms with Gasteiger partial charge in [0, 0.05) is 27.7 Å². The van der Waals surface area contributed by atoms with Gasteiger partial charge >= 0.3 is 0 Å². The van der Waals surface area contributed by atoms with E-state index in [0.29, 0.717) is 6.04 Å². The van der Waals surface area contributed by atoms with Crippen molar-refractivity contribution in [1.82, 2.24) is 10.3 Å². The van der Waals surface area contributed by atoms with E-state index in [1.807, 2.05) is 19.2 Å². The molecule has 3 rings (SSSR count). The Bertz CT molecular complexity index is 530. The van der Waals surface area contributed by atoms with Gasteiger partial charge in [-0.3, -0.25) is 0 Å². The second kappa shape index (κ2) is 3.79. The Morgan fingerprint density at radius 1 is 1.44 bits per heavy atom. The highest BCUT2D eigenvalue weighted by Gasteiger charge is 2.23. The van der Waals surface area contributed by atoms with Crippen LogP contribution in [0.4, 0.5) is 0 Å². The molecular weight excluding hydrogens is 220 g/mol. The topological polar surface area (TPSA) is 27.8 Å². The first kappa shape index (κ1) is 10.2. The maximum absolute atomic E-state index is 6.02. The number of aromatic amines is 1. The van der Waals surface area contributed by atoms with E-state index >= 15 is 0 Å². The molecule has 0 fully saturated rings. The number of H-pyrrole nitrogens is 1. The Morgan fingerprint density at radius 3 is 3.12 bits per heavy atom. The molecule has 0 spiro atoms. The Morgan fingerprint density at radius 2 is 2.31 bits per heavy atom. The van der Waals surface area contributed by atoms with Crippen LogP contribution in [0.2, 0.25) is 5.02 Å². The summed E-state index contributed by atoms with van der Waals surface area (Å²) in [7, 11) is 2.04. The molecule has 0 amide bonds. The fraction of sp³-hybridized carbons (Fsp3) is 0.385. The molecule has 0 saturated heterocycles. The van der Waals surface area contributed by atoms with Gasteiger partial charge < -0.3 is 10.3 Å². The van der Waals surface area contributed by atoms with Crippen molar-refractivity contribution < 1.29 is 0 Å². The van der Waals surface area contributed by atoms with Crippen molar-refractivity contribution in [1.29, 1.82) is 0 Å². The summed E-state index contributed by atoms with van der Waals surface area (Å²) >= 11 is 6.02. The smallest absolute Gasteiger partial charge is 0.0474 e. The fourth-order valence-electron chi connectivity index (χ4n) is 2.76. The molecule has 3 heteroatoms. The molecule has 2 N–H and O–H groups in total. The number of hydrogen-bond acceptors (Lipinski definition) is 1. The lowest BCUT2D eigenvalue weighted by Gasteiger charge is -2.22. The molecule has 1 aromatic carbocycles. The van der Waals surface area contributed by atoms with E-state index in [1.165, 1.54) is 35.0 Å². The Balaban J connectivity index is 2.26. The van der Waals surface area contributed by atoms with Crippen molar-refractivity contribution in [2.75, 3.05) is 7.05 Å². The second-order valence-corrected chi connectivity index (χ2v) is 4.88. The van der Waals surface area contributed by atoms with Crippen LogP contribution in [0.3, 0.4) is 0 Å². The first-order valence-corrected chi connectivity index (χ1v) is 6.14. The van der Waals surface area contributed by atoms with Gasteiger partial charge in [-0.25, -0.2) is 0 Å². The number of aromatic nitrogens is 1. The lowest BCUT2D eigenvalue weighted by molar-refractivity contribution is 0.497. The Kier molecular flexibility index (Phi) is 2.41. The van der Waals surface area contributed by atoms with Gasteiger partial charge in [0.15, 0.2) is 0 Å². The van der Waals surface area contributed by atoms with Crippen molar-refractivity contribution in [2.45, 2.75) is 25.3 Å². The highest BCUT2D eigenvalue weighted by molar-refractivity contribution is 6.31. The highest BCUT2D eigenvalue weighted by atomic mass is 35.5. The minimum atomic E-state index is 0.485. The third kappa shape index (κ3) is 1.45. The molecule has 0 bridgehead atoms. The van der Waals surface area contributed by atoms with E-state index in [2.05, 4.69) is 16.4 Å². The summed E-state index contributed by atoms with van der Waals surface area (Å²) in [6, 6.07) is 6.60. The van der Waals surface area contributed by atoms with Gasteiger partial charge in [-0.05, 0) is 44.0 Å². The summed E-state index contributed by atoms with van der Waals surface area (Å²) in [5, 5.41) is 5.52. The minimum Gasteiger partial charge on any atom is -0.358 e. The largest absolute Gasteiger partial charge is 0.358 e. The summed E-state index contributed by atoms with van der Waals surface area (Å²) in [5.74, 6) is 0. The van der Waals surface area contributed by atoms with Crippen LogP contribution in [-0.2, 0) is 6.42 Å². The van der Waals surface area contributed by atoms with Gasteiger partial charge in [-0.2, -0.15) is 0 Å². The van der Waals surface area contributed by atoms with Crippen molar-refractivity contribution in [3.05, 3.63) is 34.5 Å². The molecule has 1 atom stereocenters. The van der Waals surface area contributed by atoms with Crippen LogP contribution in [0, 0.1) is 0 Å². The van der Waals surface area contributed by atoms with Crippen molar-refractivity contribution in [3.8, 4) is 0 Å². The average Bonchev–Trinajstić information content (AvgIpc) is 2.65. The van der Waals surface area contributed by atoms with Crippen LogP contribution in [0.15, 0.2) is 18.2 Å². The van der Waals surface area contributed by atoms with Crippen LogP contribution in [-0.4, -0.2) is 12.0 Å². The van der Waals surface area contributed by atoms with Gasteiger partial charge in [0.1, 0.15) is 0 Å². The lowest BCUT2D eigenvalue weighted by atomic mass is 9.91. The molecule has 1 unspecified atom stereocenters. The molecule has 0 radical (unpaired) electrons. The van der Waals surface area contributed by atoms with Gasteiger partial charge in [0.2, 0.25) is 0 Å². The fourth-order valence-corrected chi connectivity index (χ4v) is 2.93. The molecule has 2 aromatic rings. The Hall–Kier alpha value is -0.990. The quantitative estimate of drug-likeness (QED) is 0.778. The molecular formula is C13H15ClN2. The van der Waals surface area contributed by atoms with E-state index < -0.39 is 0 Å². The maximum Gasteiger partial charge on any atom is 0.0474 e. The highest BCUT2D eigenvalue weighted by Crippen LogP contribution is 2.36. The number of nitrogens with one attached hydrogen (secondary N) is 2. The average molecular weight is 235 g/mol. The third-order valence-electron chi connectivity index (χ3n) is 3.50. The summed E-state index contributed by atoms with van der Waals surface area (Å²) in [6.45, 7) is 0. The summed E-state index contributed by atoms with van der Waals surface area (Å²) in [4.78, 5) is 3.50. The predicted molar refractivity (Wildman–Crippen MR) is 68.0 cm³/mol. The Labute approximate surface area is 100.0 Å². The molecule has 2 nitrogen and oxygen atoms in total. The number of fused-ring (bicyclic) bond motifs is 3. The molecule has 16 heavy (non-hydrogen) atoms. The zero-order chi connectivity index (χ0) is 11.1. The second-order valence-electron chi connectivity index (χ2n) is 4.44. The lowest BCUT2D eigenvalue weighted by Crippen LogP contribution is -2.20. The van der Waals surface area contributed by atoms with Crippen molar-refractivity contribution in [3.63, 3.8) is 0 Å². The SMILES string of the molecule is CNC1CCCc2[nH]c3cc(Cl)ccc3c21. The molecule has 1 aliphatic rings. The third-order valence-corrected chi connectivity index (χ3v) is 3.73. The van der Waals surface area contributed by atoms with E-state index in [-0.39, 0.29) is 0 Å². The summed E-state index contributed by atoms with van der Waals surface area (Å²) < 4.78 is 0. The standard InChI is InChI=1S/C13H15ClN2/c1-15-10-3-2-4-11-13(10)9-6-5-8(14)7-12(9)16-11/h5-7,10,15-16H,2-4H2,1H3. The first-order valence-electron chi connectivity index (χ1n) is 5.77. The molecule has 0 saturated carbocycles. The number of aryl methyl sites for hydroxylation is 1. The van der Waals surface area contributed by atoms with E-state index in [1.54, 1.807) is 0 Å². The number of halogens is 1. The van der Waals surface area contributed by atoms with Gasteiger partial charge in [0.05, 0.1) is 0 Å². The van der Waals surface area contributed by atoms with Crippen LogP contribution < -0.4 is 5.32 Å². The van der Waals surface area contributed by atoms with Crippen LogP contribution in [0.1, 0.15) is 30.1 Å². The van der Waals surface area contributed by atoms with E-state index in [9.17, 15) is 0 Å². The van der Waals surface area contributed by atoms with Crippen LogP contribution in [0.5, 0.6) is 0 Å². The molecule has 0 aliphatic heterocycles. The van der Waals surface area contributed by atoms with Gasteiger partial charge in [-0.1, -0.05) is 17.7 Å². The number of hydrogen-bond donors (Lipinski definition) is 2. The molecule has 1 heterocycles. The van der Waals surface area contributed by atoms with Crippen LogP contribution in [0.25, 0.3) is 10.9 Å². The summed E-state index contributed by atoms with van der Waals surface area (Å²) in [5.41, 5.74) is 3.99. The van der Waals surface area contributed by atoms with Crippen molar-refractivity contribution in [2.24, 2.45) is 0 Å². The van der Waals surface area contributed by atoms with Crippen molar-refractivity contribution >= 4 is 22.5 Å². The molecule has 1 aliphatic carbocycles. The minimum absolute atomic E-state index is 0.485. The summed E-state index contributed by atoms with van der Waals surface area (Å²) in [6.07, 6.45) is 3.62. The van der Waals surface area contributed by atoms with E-state index in [4.69, 9.17) is 11.6 Å². The normalized spacial score (nSPS) is 20.0. The number of rotatable bonds is 1. The van der Waals surface area contributed by atoms with E-state index in [0.717, 1.165) is 11.4 Å².